The van der Waals surface area contributed by atoms with Gasteiger partial charge in [0.05, 0.1) is 0 Å². The summed E-state index contributed by atoms with van der Waals surface area (Å²) in [5.74, 6) is 0. The first kappa shape index (κ1) is 7.08. The van der Waals surface area contributed by atoms with Crippen molar-refractivity contribution >= 4 is 0 Å². The topological polar surface area (TPSA) is 38.0 Å². The minimum absolute atomic E-state index is 0.777. The van der Waals surface area contributed by atoms with E-state index >= 15 is 0 Å². The third kappa shape index (κ3) is 3.28. The van der Waals surface area contributed by atoms with Gasteiger partial charge < -0.3 is 11.1 Å². The van der Waals surface area contributed by atoms with E-state index in [0.29, 0.717) is 0 Å². The van der Waals surface area contributed by atoms with Crippen molar-refractivity contribution in [1.82, 2.24) is 5.32 Å². The zero-order valence-electron chi connectivity index (χ0n) is 5.31. The molecule has 0 saturated heterocycles. The molecule has 0 aliphatic carbocycles. The highest BCUT2D eigenvalue weighted by molar-refractivity contribution is 5.12. The van der Waals surface area contributed by atoms with Gasteiger partial charge in [-0.3, -0.25) is 0 Å². The summed E-state index contributed by atoms with van der Waals surface area (Å²) in [6.45, 7) is 1.90. The van der Waals surface area contributed by atoms with E-state index in [2.05, 4.69) is 5.32 Å². The Morgan fingerprint density at radius 2 is 2.25 bits per heavy atom. The van der Waals surface area contributed by atoms with E-state index in [-0.39, 0.29) is 0 Å². The van der Waals surface area contributed by atoms with Crippen LogP contribution in [0.2, 0.25) is 0 Å². The molecule has 0 aliphatic rings. The first-order valence-corrected chi connectivity index (χ1v) is 2.57. The molecule has 0 rings (SSSR count). The molecule has 0 unspecified atom stereocenters. The normalized spacial score (nSPS) is 12.5. The lowest BCUT2D eigenvalue weighted by Gasteiger charge is -1.87. The smallest absolute Gasteiger partial charge is 0.0285 e. The fraction of sp³-hybridized carbons (Fsp3) is 0.333. The van der Waals surface area contributed by atoms with Crippen LogP contribution in [0.15, 0.2) is 24.0 Å². The molecule has 0 amide bonds. The van der Waals surface area contributed by atoms with Gasteiger partial charge in [0.15, 0.2) is 0 Å². The molecular formula is C6H12N2. The summed E-state index contributed by atoms with van der Waals surface area (Å²) >= 11 is 0. The summed E-state index contributed by atoms with van der Waals surface area (Å²) in [5.41, 5.74) is 6.17. The second kappa shape index (κ2) is 4.24. The first-order chi connectivity index (χ1) is 3.81. The molecule has 2 heteroatoms. The van der Waals surface area contributed by atoms with Crippen molar-refractivity contribution in [3.8, 4) is 0 Å². The van der Waals surface area contributed by atoms with Crippen LogP contribution in [0.4, 0.5) is 0 Å². The molecule has 0 saturated carbocycles. The second-order valence-corrected chi connectivity index (χ2v) is 1.41. The van der Waals surface area contributed by atoms with Crippen molar-refractivity contribution in [3.63, 3.8) is 0 Å². The molecule has 0 fully saturated rings. The van der Waals surface area contributed by atoms with E-state index in [1.165, 1.54) is 0 Å². The van der Waals surface area contributed by atoms with Gasteiger partial charge in [-0.05, 0) is 19.2 Å². The highest BCUT2D eigenvalue weighted by Gasteiger charge is 1.71. The van der Waals surface area contributed by atoms with Crippen molar-refractivity contribution in [2.24, 2.45) is 5.73 Å². The molecule has 0 aromatic carbocycles. The molecule has 0 heterocycles. The summed E-state index contributed by atoms with van der Waals surface area (Å²) in [4.78, 5) is 0. The van der Waals surface area contributed by atoms with Gasteiger partial charge in [-0.2, -0.15) is 0 Å². The van der Waals surface area contributed by atoms with E-state index in [1.54, 1.807) is 12.3 Å². The van der Waals surface area contributed by atoms with Crippen LogP contribution in [-0.2, 0) is 0 Å². The second-order valence-electron chi connectivity index (χ2n) is 1.41. The van der Waals surface area contributed by atoms with Gasteiger partial charge in [0, 0.05) is 12.7 Å². The Balaban J connectivity index is 3.53. The van der Waals surface area contributed by atoms with Crippen molar-refractivity contribution in [2.45, 2.75) is 6.92 Å². The molecule has 46 valence electrons. The predicted molar refractivity (Wildman–Crippen MR) is 36.1 cm³/mol. The SMILES string of the molecule is C/C=C(N)\C=C/NC. The van der Waals surface area contributed by atoms with Gasteiger partial charge in [-0.25, -0.2) is 0 Å². The molecular weight excluding hydrogens is 100 g/mol. The Morgan fingerprint density at radius 3 is 2.62 bits per heavy atom. The number of allylic oxidation sites excluding steroid dienone is 2. The highest BCUT2D eigenvalue weighted by Crippen LogP contribution is 1.81. The van der Waals surface area contributed by atoms with E-state index in [1.807, 2.05) is 20.0 Å². The summed E-state index contributed by atoms with van der Waals surface area (Å²) < 4.78 is 0. The van der Waals surface area contributed by atoms with Gasteiger partial charge in [0.25, 0.3) is 0 Å². The van der Waals surface area contributed by atoms with Crippen molar-refractivity contribution < 1.29 is 0 Å². The maximum atomic E-state index is 5.39. The lowest BCUT2D eigenvalue weighted by molar-refractivity contribution is 1.10. The Bertz CT molecular complexity index is 103. The number of rotatable bonds is 2. The fourth-order valence-electron chi connectivity index (χ4n) is 0.276. The Hall–Kier alpha value is -0.920. The molecule has 8 heavy (non-hydrogen) atoms. The van der Waals surface area contributed by atoms with Gasteiger partial charge in [-0.15, -0.1) is 0 Å². The number of hydrogen-bond donors (Lipinski definition) is 2. The van der Waals surface area contributed by atoms with E-state index in [9.17, 15) is 0 Å². The van der Waals surface area contributed by atoms with Crippen LogP contribution in [0.1, 0.15) is 6.92 Å². The lowest BCUT2D eigenvalue weighted by atomic mass is 10.4. The molecule has 0 aromatic rings. The van der Waals surface area contributed by atoms with Crippen molar-refractivity contribution in [2.75, 3.05) is 7.05 Å². The van der Waals surface area contributed by atoms with Gasteiger partial charge >= 0.3 is 0 Å². The molecule has 0 bridgehead atoms. The van der Waals surface area contributed by atoms with E-state index in [0.717, 1.165) is 5.70 Å². The molecule has 2 nitrogen and oxygen atoms in total. The molecule has 0 atom stereocenters. The number of nitrogens with one attached hydrogen (secondary N) is 1. The van der Waals surface area contributed by atoms with E-state index in [4.69, 9.17) is 5.73 Å². The average Bonchev–Trinajstić information content (AvgIpc) is 1.83. The average molecular weight is 112 g/mol. The molecule has 0 aromatic heterocycles. The summed E-state index contributed by atoms with van der Waals surface area (Å²) in [7, 11) is 1.83. The third-order valence-electron chi connectivity index (χ3n) is 0.776. The monoisotopic (exact) mass is 112 g/mol. The Kier molecular flexibility index (Phi) is 3.76. The molecule has 0 radical (unpaired) electrons. The predicted octanol–water partition coefficient (Wildman–Crippen LogP) is 0.582. The maximum absolute atomic E-state index is 5.39. The van der Waals surface area contributed by atoms with Crippen LogP contribution in [0.5, 0.6) is 0 Å². The third-order valence-corrected chi connectivity index (χ3v) is 0.776. The van der Waals surface area contributed by atoms with Gasteiger partial charge in [0.1, 0.15) is 0 Å². The standard InChI is InChI=1S/C6H12N2/c1-3-6(7)4-5-8-2/h3-5,8H,7H2,1-2H3/b5-4-,6-3+. The maximum Gasteiger partial charge on any atom is 0.0285 e. The van der Waals surface area contributed by atoms with Gasteiger partial charge in [0.2, 0.25) is 0 Å². The minimum atomic E-state index is 0.777. The van der Waals surface area contributed by atoms with Crippen LogP contribution in [0.3, 0.4) is 0 Å². The van der Waals surface area contributed by atoms with Crippen LogP contribution >= 0.6 is 0 Å². The Morgan fingerprint density at radius 1 is 1.62 bits per heavy atom. The number of nitrogens with two attached hydrogens (primary N) is 1. The van der Waals surface area contributed by atoms with E-state index < -0.39 is 0 Å². The van der Waals surface area contributed by atoms with Crippen LogP contribution in [-0.4, -0.2) is 7.05 Å². The minimum Gasteiger partial charge on any atom is -0.399 e. The summed E-state index contributed by atoms with van der Waals surface area (Å²) in [5, 5.41) is 2.83. The quantitative estimate of drug-likeness (QED) is 0.513. The van der Waals surface area contributed by atoms with Gasteiger partial charge in [-0.1, -0.05) is 6.08 Å². The molecule has 0 spiro atoms. The molecule has 3 N–H and O–H groups in total. The fourth-order valence-corrected chi connectivity index (χ4v) is 0.276. The zero-order chi connectivity index (χ0) is 6.41. The highest BCUT2D eigenvalue weighted by atomic mass is 14.8. The summed E-state index contributed by atoms with van der Waals surface area (Å²) in [6, 6.07) is 0. The first-order valence-electron chi connectivity index (χ1n) is 2.57. The van der Waals surface area contributed by atoms with Crippen LogP contribution in [0, 0.1) is 0 Å². The lowest BCUT2D eigenvalue weighted by Crippen LogP contribution is -1.96. The van der Waals surface area contributed by atoms with Crippen molar-refractivity contribution in [3.05, 3.63) is 24.0 Å². The van der Waals surface area contributed by atoms with Crippen molar-refractivity contribution in [1.29, 1.82) is 0 Å². The largest absolute Gasteiger partial charge is 0.399 e. The zero-order valence-corrected chi connectivity index (χ0v) is 5.31. The van der Waals surface area contributed by atoms with Crippen LogP contribution in [0.25, 0.3) is 0 Å². The summed E-state index contributed by atoms with van der Waals surface area (Å²) in [6.07, 6.45) is 5.43. The molecule has 0 aliphatic heterocycles. The Labute approximate surface area is 50.1 Å². The number of hydrogen-bond acceptors (Lipinski definition) is 2. The van der Waals surface area contributed by atoms with Crippen LogP contribution < -0.4 is 11.1 Å².